The average molecular weight is 505 g/mol. The molecule has 0 aliphatic heterocycles. The van der Waals surface area contributed by atoms with Crippen molar-refractivity contribution in [3.05, 3.63) is 75.4 Å². The molecule has 172 valence electrons. The third-order valence-electron chi connectivity index (χ3n) is 4.87. The van der Waals surface area contributed by atoms with E-state index in [1.807, 2.05) is 6.92 Å². The Morgan fingerprint density at radius 2 is 1.79 bits per heavy atom. The molecule has 0 radical (unpaired) electrons. The smallest absolute Gasteiger partial charge is 0.308 e. The SMILES string of the molecule is CCCn1c(=O)sc2cc(S(=O)(=O)Nc3cc(Cl)ccc3Oc3ccccc3OC)ccc21. The number of para-hydroxylation sites is 2. The lowest BCUT2D eigenvalue weighted by Crippen LogP contribution is -2.14. The van der Waals surface area contributed by atoms with Gasteiger partial charge in [-0.1, -0.05) is 42.0 Å². The van der Waals surface area contributed by atoms with Crippen LogP contribution in [0.3, 0.4) is 0 Å². The minimum Gasteiger partial charge on any atom is -0.493 e. The highest BCUT2D eigenvalue weighted by Crippen LogP contribution is 2.37. The average Bonchev–Trinajstić information content (AvgIpc) is 3.10. The van der Waals surface area contributed by atoms with Crippen LogP contribution < -0.4 is 19.1 Å². The number of fused-ring (bicyclic) bond motifs is 1. The summed E-state index contributed by atoms with van der Waals surface area (Å²) in [5, 5.41) is 0.338. The van der Waals surface area contributed by atoms with Gasteiger partial charge in [0.15, 0.2) is 17.2 Å². The molecule has 7 nitrogen and oxygen atoms in total. The van der Waals surface area contributed by atoms with Gasteiger partial charge in [-0.15, -0.1) is 0 Å². The van der Waals surface area contributed by atoms with Crippen molar-refractivity contribution in [1.29, 1.82) is 0 Å². The summed E-state index contributed by atoms with van der Waals surface area (Å²) in [6.07, 6.45) is 0.803. The van der Waals surface area contributed by atoms with Crippen molar-refractivity contribution >= 4 is 48.9 Å². The number of aromatic nitrogens is 1. The maximum Gasteiger partial charge on any atom is 0.308 e. The van der Waals surface area contributed by atoms with Crippen molar-refractivity contribution < 1.29 is 17.9 Å². The Kier molecular flexibility index (Phi) is 6.64. The standard InChI is InChI=1S/C23H21ClN2O5S2/c1-3-12-26-18-10-9-16(14-22(18)32-23(26)27)33(28,29)25-17-13-15(24)8-11-19(17)31-21-7-5-4-6-20(21)30-2/h4-11,13-14,25H,3,12H2,1-2H3. The summed E-state index contributed by atoms with van der Waals surface area (Å²) < 4.78 is 42.4. The van der Waals surface area contributed by atoms with E-state index >= 15 is 0 Å². The molecule has 1 aromatic heterocycles. The first-order chi connectivity index (χ1) is 15.8. The number of nitrogens with zero attached hydrogens (tertiary/aromatic N) is 1. The van der Waals surface area contributed by atoms with Crippen molar-refractivity contribution in [2.45, 2.75) is 24.8 Å². The Morgan fingerprint density at radius 3 is 2.52 bits per heavy atom. The van der Waals surface area contributed by atoms with Gasteiger partial charge in [-0.05, 0) is 55.0 Å². The number of sulfonamides is 1. The third-order valence-corrected chi connectivity index (χ3v) is 7.41. The molecule has 10 heteroatoms. The summed E-state index contributed by atoms with van der Waals surface area (Å²) in [5.41, 5.74) is 0.888. The van der Waals surface area contributed by atoms with Gasteiger partial charge >= 0.3 is 4.87 Å². The number of thiazole rings is 1. The van der Waals surface area contributed by atoms with Crippen LogP contribution in [0.15, 0.2) is 70.4 Å². The van der Waals surface area contributed by atoms with Crippen LogP contribution in [0.25, 0.3) is 10.2 Å². The Bertz CT molecular complexity index is 1480. The molecule has 0 aliphatic carbocycles. The molecule has 1 N–H and O–H groups in total. The molecule has 0 bridgehead atoms. The summed E-state index contributed by atoms with van der Waals surface area (Å²) in [5.74, 6) is 1.18. The Morgan fingerprint density at radius 1 is 1.03 bits per heavy atom. The van der Waals surface area contributed by atoms with Gasteiger partial charge in [-0.2, -0.15) is 0 Å². The van der Waals surface area contributed by atoms with E-state index in [9.17, 15) is 13.2 Å². The first-order valence-corrected chi connectivity index (χ1v) is 12.8. The molecule has 4 aromatic rings. The molecule has 0 atom stereocenters. The summed E-state index contributed by atoms with van der Waals surface area (Å²) >= 11 is 7.15. The van der Waals surface area contributed by atoms with Crippen molar-refractivity contribution in [1.82, 2.24) is 4.57 Å². The highest BCUT2D eigenvalue weighted by Gasteiger charge is 2.20. The fraction of sp³-hybridized carbons (Fsp3) is 0.174. The predicted molar refractivity (Wildman–Crippen MR) is 132 cm³/mol. The van der Waals surface area contributed by atoms with Crippen LogP contribution in [-0.2, 0) is 16.6 Å². The zero-order valence-electron chi connectivity index (χ0n) is 17.9. The molecule has 0 unspecified atom stereocenters. The molecule has 0 aliphatic rings. The van der Waals surface area contributed by atoms with Crippen molar-refractivity contribution in [3.8, 4) is 17.2 Å². The molecular formula is C23H21ClN2O5S2. The molecular weight excluding hydrogens is 484 g/mol. The molecule has 0 fully saturated rings. The molecule has 0 spiro atoms. The molecule has 1 heterocycles. The van der Waals surface area contributed by atoms with E-state index in [1.54, 1.807) is 47.0 Å². The van der Waals surface area contributed by atoms with Gasteiger partial charge in [-0.3, -0.25) is 14.1 Å². The Hall–Kier alpha value is -3.01. The first kappa shape index (κ1) is 23.2. The van der Waals surface area contributed by atoms with Gasteiger partial charge < -0.3 is 9.47 Å². The van der Waals surface area contributed by atoms with Crippen LogP contribution in [-0.4, -0.2) is 20.1 Å². The quantitative estimate of drug-likeness (QED) is 0.331. The van der Waals surface area contributed by atoms with Crippen LogP contribution in [0.2, 0.25) is 5.02 Å². The largest absolute Gasteiger partial charge is 0.493 e. The van der Waals surface area contributed by atoms with Gasteiger partial charge in [0.2, 0.25) is 0 Å². The third kappa shape index (κ3) is 4.85. The summed E-state index contributed by atoms with van der Waals surface area (Å²) in [6, 6.07) is 16.3. The number of rotatable bonds is 8. The van der Waals surface area contributed by atoms with E-state index in [1.165, 1.54) is 25.3 Å². The van der Waals surface area contributed by atoms with E-state index < -0.39 is 10.0 Å². The van der Waals surface area contributed by atoms with Crippen LogP contribution in [0.5, 0.6) is 17.2 Å². The van der Waals surface area contributed by atoms with Gasteiger partial charge in [0.05, 0.1) is 27.9 Å². The topological polar surface area (TPSA) is 86.6 Å². The molecule has 4 rings (SSSR count). The molecule has 0 amide bonds. The number of methoxy groups -OCH3 is 1. The number of hydrogen-bond acceptors (Lipinski definition) is 6. The zero-order chi connectivity index (χ0) is 23.6. The van der Waals surface area contributed by atoms with E-state index in [-0.39, 0.29) is 21.2 Å². The van der Waals surface area contributed by atoms with E-state index in [0.29, 0.717) is 33.3 Å². The number of benzene rings is 3. The molecule has 0 saturated heterocycles. The normalized spacial score (nSPS) is 11.5. The summed E-state index contributed by atoms with van der Waals surface area (Å²) in [7, 11) is -2.47. The number of aryl methyl sites for hydroxylation is 1. The highest BCUT2D eigenvalue weighted by molar-refractivity contribution is 7.92. The van der Waals surface area contributed by atoms with Gasteiger partial charge in [0.25, 0.3) is 10.0 Å². The number of nitrogens with one attached hydrogen (secondary N) is 1. The second kappa shape index (κ2) is 9.46. The minimum atomic E-state index is -3.99. The number of hydrogen-bond donors (Lipinski definition) is 1. The monoisotopic (exact) mass is 504 g/mol. The van der Waals surface area contributed by atoms with Crippen molar-refractivity contribution in [2.75, 3.05) is 11.8 Å². The van der Waals surface area contributed by atoms with Crippen LogP contribution in [0, 0.1) is 0 Å². The highest BCUT2D eigenvalue weighted by atomic mass is 35.5. The van der Waals surface area contributed by atoms with E-state index in [0.717, 1.165) is 17.8 Å². The molecule has 3 aromatic carbocycles. The second-order valence-corrected chi connectivity index (χ2v) is 10.3. The lowest BCUT2D eigenvalue weighted by atomic mass is 10.3. The minimum absolute atomic E-state index is 0.0307. The first-order valence-electron chi connectivity index (χ1n) is 10.1. The maximum absolute atomic E-state index is 13.2. The van der Waals surface area contributed by atoms with Crippen molar-refractivity contribution in [2.24, 2.45) is 0 Å². The second-order valence-electron chi connectivity index (χ2n) is 7.15. The lowest BCUT2D eigenvalue weighted by Gasteiger charge is -2.15. The number of halogens is 1. The van der Waals surface area contributed by atoms with Gasteiger partial charge in [0.1, 0.15) is 0 Å². The van der Waals surface area contributed by atoms with E-state index in [4.69, 9.17) is 21.1 Å². The van der Waals surface area contributed by atoms with Crippen LogP contribution in [0.4, 0.5) is 5.69 Å². The number of ether oxygens (including phenoxy) is 2. The molecule has 33 heavy (non-hydrogen) atoms. The summed E-state index contributed by atoms with van der Waals surface area (Å²) in [6.45, 7) is 2.56. The summed E-state index contributed by atoms with van der Waals surface area (Å²) in [4.78, 5) is 12.2. The van der Waals surface area contributed by atoms with Crippen molar-refractivity contribution in [3.63, 3.8) is 0 Å². The Labute approximate surface area is 200 Å². The van der Waals surface area contributed by atoms with Crippen LogP contribution in [0.1, 0.15) is 13.3 Å². The Balaban J connectivity index is 1.70. The molecule has 0 saturated carbocycles. The number of anilines is 1. The van der Waals surface area contributed by atoms with Gasteiger partial charge in [-0.25, -0.2) is 8.42 Å². The fourth-order valence-corrected chi connectivity index (χ4v) is 5.64. The van der Waals surface area contributed by atoms with Crippen LogP contribution >= 0.6 is 22.9 Å². The van der Waals surface area contributed by atoms with Gasteiger partial charge in [0, 0.05) is 11.6 Å². The lowest BCUT2D eigenvalue weighted by molar-refractivity contribution is 0.379. The van der Waals surface area contributed by atoms with E-state index in [2.05, 4.69) is 4.72 Å². The predicted octanol–water partition coefficient (Wildman–Crippen LogP) is 5.73. The fourth-order valence-electron chi connectivity index (χ4n) is 3.35. The maximum atomic E-state index is 13.2. The zero-order valence-corrected chi connectivity index (χ0v) is 20.3.